The first-order valence-corrected chi connectivity index (χ1v) is 7.54. The van der Waals surface area contributed by atoms with Gasteiger partial charge < -0.3 is 14.5 Å². The second kappa shape index (κ2) is 5.78. The largest absolute Gasteiger partial charge is 0.331 e. The zero-order valence-electron chi connectivity index (χ0n) is 11.4. The molecule has 0 atom stereocenters. The molecule has 3 rings (SSSR count). The van der Waals surface area contributed by atoms with E-state index in [-0.39, 0.29) is 0 Å². The Balaban J connectivity index is 1.84. The van der Waals surface area contributed by atoms with Crippen LogP contribution in [0.1, 0.15) is 24.8 Å². The number of hydrogen-bond donors (Lipinski definition) is 1. The summed E-state index contributed by atoms with van der Waals surface area (Å²) in [5.41, 5.74) is 2.72. The Bertz CT molecular complexity index is 701. The maximum atomic E-state index is 9.02. The minimum atomic E-state index is 0.679. The van der Waals surface area contributed by atoms with Crippen molar-refractivity contribution in [3.63, 3.8) is 0 Å². The maximum Gasteiger partial charge on any atom is 0.178 e. The van der Waals surface area contributed by atoms with E-state index in [1.165, 1.54) is 32.4 Å². The van der Waals surface area contributed by atoms with Gasteiger partial charge in [-0.25, -0.2) is 0 Å². The molecule has 0 amide bonds. The van der Waals surface area contributed by atoms with E-state index in [1.807, 2.05) is 18.2 Å². The van der Waals surface area contributed by atoms with Crippen molar-refractivity contribution in [3.05, 3.63) is 28.5 Å². The van der Waals surface area contributed by atoms with Gasteiger partial charge in [0.25, 0.3) is 0 Å². The van der Waals surface area contributed by atoms with Gasteiger partial charge in [-0.1, -0.05) is 6.42 Å². The first kappa shape index (κ1) is 13.3. The van der Waals surface area contributed by atoms with Crippen LogP contribution in [-0.4, -0.2) is 34.1 Å². The van der Waals surface area contributed by atoms with Crippen molar-refractivity contribution >= 4 is 23.3 Å². The lowest BCUT2D eigenvalue weighted by Gasteiger charge is -2.26. The van der Waals surface area contributed by atoms with Gasteiger partial charge in [-0.3, -0.25) is 0 Å². The van der Waals surface area contributed by atoms with E-state index in [9.17, 15) is 0 Å². The van der Waals surface area contributed by atoms with Crippen LogP contribution < -0.4 is 0 Å². The smallest absolute Gasteiger partial charge is 0.178 e. The van der Waals surface area contributed by atoms with Crippen molar-refractivity contribution in [1.29, 1.82) is 5.26 Å². The van der Waals surface area contributed by atoms with Crippen LogP contribution in [-0.2, 0) is 6.54 Å². The summed E-state index contributed by atoms with van der Waals surface area (Å²) in [4.78, 5) is 5.71. The zero-order valence-corrected chi connectivity index (χ0v) is 12.2. The van der Waals surface area contributed by atoms with Crippen LogP contribution in [0.2, 0.25) is 0 Å². The van der Waals surface area contributed by atoms with E-state index < -0.39 is 0 Å². The average Bonchev–Trinajstić information content (AvgIpc) is 2.80. The fourth-order valence-corrected chi connectivity index (χ4v) is 3.17. The standard InChI is InChI=1S/C15H18N4S/c16-11-12-4-5-13-14(10-12)19(15(20)17-13)9-8-18-6-2-1-3-7-18/h4-5,10H,1-3,6-9H2,(H,17,20). The van der Waals surface area contributed by atoms with E-state index in [0.29, 0.717) is 5.56 Å². The summed E-state index contributed by atoms with van der Waals surface area (Å²) in [7, 11) is 0. The molecule has 0 bridgehead atoms. The van der Waals surface area contributed by atoms with Crippen LogP contribution in [0.15, 0.2) is 18.2 Å². The Morgan fingerprint density at radius 1 is 1.20 bits per heavy atom. The number of likely N-dealkylation sites (tertiary alicyclic amines) is 1. The van der Waals surface area contributed by atoms with Gasteiger partial charge in [-0.05, 0) is 56.3 Å². The van der Waals surface area contributed by atoms with Gasteiger partial charge in [0.05, 0.1) is 22.7 Å². The van der Waals surface area contributed by atoms with E-state index in [2.05, 4.69) is 20.5 Å². The van der Waals surface area contributed by atoms with Gasteiger partial charge in [-0.15, -0.1) is 0 Å². The number of rotatable bonds is 3. The van der Waals surface area contributed by atoms with Crippen molar-refractivity contribution in [1.82, 2.24) is 14.5 Å². The summed E-state index contributed by atoms with van der Waals surface area (Å²) in [5, 5.41) is 9.02. The van der Waals surface area contributed by atoms with Crippen molar-refractivity contribution in [2.24, 2.45) is 0 Å². The number of imidazole rings is 1. The summed E-state index contributed by atoms with van der Waals surface area (Å²) < 4.78 is 2.85. The highest BCUT2D eigenvalue weighted by atomic mass is 32.1. The Labute approximate surface area is 123 Å². The van der Waals surface area contributed by atoms with Gasteiger partial charge >= 0.3 is 0 Å². The number of nitrogens with zero attached hydrogens (tertiary/aromatic N) is 3. The number of nitrogens with one attached hydrogen (secondary N) is 1. The van der Waals surface area contributed by atoms with Crippen molar-refractivity contribution in [2.75, 3.05) is 19.6 Å². The molecule has 1 aliphatic rings. The second-order valence-corrected chi connectivity index (χ2v) is 5.71. The second-order valence-electron chi connectivity index (χ2n) is 5.33. The zero-order chi connectivity index (χ0) is 13.9. The third-order valence-corrected chi connectivity index (χ3v) is 4.32. The van der Waals surface area contributed by atoms with Crippen molar-refractivity contribution in [3.8, 4) is 6.07 Å². The Hall–Kier alpha value is -1.64. The predicted molar refractivity (Wildman–Crippen MR) is 82.1 cm³/mol. The molecule has 104 valence electrons. The number of H-pyrrole nitrogens is 1. The van der Waals surface area contributed by atoms with Crippen LogP contribution in [0.5, 0.6) is 0 Å². The molecule has 1 fully saturated rings. The summed E-state index contributed by atoms with van der Waals surface area (Å²) in [6.07, 6.45) is 3.96. The molecular weight excluding hydrogens is 268 g/mol. The number of fused-ring (bicyclic) bond motifs is 1. The molecule has 2 heterocycles. The third-order valence-electron chi connectivity index (χ3n) is 3.99. The van der Waals surface area contributed by atoms with Crippen molar-refractivity contribution < 1.29 is 0 Å². The molecule has 5 heteroatoms. The van der Waals surface area contributed by atoms with Crippen LogP contribution in [0.25, 0.3) is 11.0 Å². The summed E-state index contributed by atoms with van der Waals surface area (Å²) in [6, 6.07) is 7.86. The third kappa shape index (κ3) is 2.62. The van der Waals surface area contributed by atoms with E-state index in [4.69, 9.17) is 17.5 Å². The molecule has 20 heavy (non-hydrogen) atoms. The minimum Gasteiger partial charge on any atom is -0.331 e. The Morgan fingerprint density at radius 3 is 2.75 bits per heavy atom. The van der Waals surface area contributed by atoms with Gasteiger partial charge in [-0.2, -0.15) is 5.26 Å². The van der Waals surface area contributed by atoms with E-state index in [0.717, 1.165) is 28.9 Å². The quantitative estimate of drug-likeness (QED) is 0.882. The minimum absolute atomic E-state index is 0.679. The molecule has 1 N–H and O–H groups in total. The number of piperidine rings is 1. The Morgan fingerprint density at radius 2 is 2.00 bits per heavy atom. The first-order valence-electron chi connectivity index (χ1n) is 7.13. The van der Waals surface area contributed by atoms with E-state index >= 15 is 0 Å². The van der Waals surface area contributed by atoms with Gasteiger partial charge in [0.2, 0.25) is 0 Å². The lowest BCUT2D eigenvalue weighted by Crippen LogP contribution is -2.32. The summed E-state index contributed by atoms with van der Waals surface area (Å²) >= 11 is 5.41. The maximum absolute atomic E-state index is 9.02. The van der Waals surface area contributed by atoms with Crippen LogP contribution in [0, 0.1) is 16.1 Å². The number of nitriles is 1. The highest BCUT2D eigenvalue weighted by molar-refractivity contribution is 7.71. The normalized spacial score (nSPS) is 16.4. The molecule has 0 saturated carbocycles. The fourth-order valence-electron chi connectivity index (χ4n) is 2.87. The number of aromatic amines is 1. The monoisotopic (exact) mass is 286 g/mol. The van der Waals surface area contributed by atoms with Crippen molar-refractivity contribution in [2.45, 2.75) is 25.8 Å². The van der Waals surface area contributed by atoms with Crippen LogP contribution in [0.4, 0.5) is 0 Å². The van der Waals surface area contributed by atoms with Crippen LogP contribution in [0.3, 0.4) is 0 Å². The van der Waals surface area contributed by atoms with Gasteiger partial charge in [0, 0.05) is 13.1 Å². The highest BCUT2D eigenvalue weighted by Crippen LogP contribution is 2.16. The molecule has 0 radical (unpaired) electrons. The first-order chi connectivity index (χ1) is 9.78. The SMILES string of the molecule is N#Cc1ccc2[nH]c(=S)n(CCN3CCCCC3)c2c1. The van der Waals surface area contributed by atoms with Gasteiger partial charge in [0.1, 0.15) is 0 Å². The van der Waals surface area contributed by atoms with E-state index in [1.54, 1.807) is 0 Å². The molecule has 0 spiro atoms. The molecular formula is C15H18N4S. The average molecular weight is 286 g/mol. The Kier molecular flexibility index (Phi) is 3.86. The summed E-state index contributed by atoms with van der Waals surface area (Å²) in [5.74, 6) is 0. The molecule has 1 saturated heterocycles. The number of aromatic nitrogens is 2. The molecule has 0 aliphatic carbocycles. The predicted octanol–water partition coefficient (Wildman–Crippen LogP) is 3.06. The number of benzene rings is 1. The van der Waals surface area contributed by atoms with Crippen LogP contribution >= 0.6 is 12.2 Å². The fraction of sp³-hybridized carbons (Fsp3) is 0.467. The summed E-state index contributed by atoms with van der Waals surface area (Å²) in [6.45, 7) is 4.30. The molecule has 1 aromatic heterocycles. The lowest BCUT2D eigenvalue weighted by molar-refractivity contribution is 0.221. The number of hydrogen-bond acceptors (Lipinski definition) is 3. The molecule has 1 aliphatic heterocycles. The topological polar surface area (TPSA) is 47.8 Å². The highest BCUT2D eigenvalue weighted by Gasteiger charge is 2.11. The molecule has 4 nitrogen and oxygen atoms in total. The lowest BCUT2D eigenvalue weighted by atomic mass is 10.1. The molecule has 0 unspecified atom stereocenters. The molecule has 2 aromatic rings. The molecule has 1 aromatic carbocycles. The van der Waals surface area contributed by atoms with Gasteiger partial charge in [0.15, 0.2) is 4.77 Å².